The van der Waals surface area contributed by atoms with E-state index in [2.05, 4.69) is 9.88 Å². The van der Waals surface area contributed by atoms with Gasteiger partial charge in [-0.3, -0.25) is 14.1 Å². The maximum atomic E-state index is 12.3. The Morgan fingerprint density at radius 1 is 1.33 bits per heavy atom. The van der Waals surface area contributed by atoms with Gasteiger partial charge in [0.1, 0.15) is 5.65 Å². The molecule has 0 bridgehead atoms. The largest absolute Gasteiger partial charge is 0.396 e. The highest BCUT2D eigenvalue weighted by Crippen LogP contribution is 2.16. The number of aryl methyl sites for hydroxylation is 1. The molecule has 0 unspecified atom stereocenters. The van der Waals surface area contributed by atoms with Gasteiger partial charge >= 0.3 is 0 Å². The van der Waals surface area contributed by atoms with Crippen LogP contribution in [0.1, 0.15) is 30.7 Å². The monoisotopic (exact) mass is 331 g/mol. The van der Waals surface area contributed by atoms with Crippen molar-refractivity contribution in [1.29, 1.82) is 0 Å². The van der Waals surface area contributed by atoms with Crippen molar-refractivity contribution < 1.29 is 9.84 Å². The molecule has 1 saturated heterocycles. The minimum atomic E-state index is -0.0182. The molecule has 130 valence electrons. The number of ether oxygens (including phenoxy) is 1. The molecule has 0 saturated carbocycles. The molecule has 1 aliphatic rings. The predicted octanol–water partition coefficient (Wildman–Crippen LogP) is 1.37. The van der Waals surface area contributed by atoms with Crippen LogP contribution in [0.5, 0.6) is 0 Å². The van der Waals surface area contributed by atoms with E-state index in [0.717, 1.165) is 37.3 Å². The Morgan fingerprint density at radius 3 is 2.88 bits per heavy atom. The molecule has 0 spiro atoms. The van der Waals surface area contributed by atoms with Crippen LogP contribution in [-0.4, -0.2) is 51.8 Å². The average molecular weight is 331 g/mol. The molecule has 6 heteroatoms. The summed E-state index contributed by atoms with van der Waals surface area (Å²) < 4.78 is 7.40. The van der Waals surface area contributed by atoms with Crippen molar-refractivity contribution >= 4 is 5.65 Å². The summed E-state index contributed by atoms with van der Waals surface area (Å²) >= 11 is 0. The molecule has 0 atom stereocenters. The van der Waals surface area contributed by atoms with Crippen LogP contribution in [0, 0.1) is 6.92 Å². The van der Waals surface area contributed by atoms with E-state index in [1.165, 1.54) is 0 Å². The number of hydrogen-bond donors (Lipinski definition) is 1. The van der Waals surface area contributed by atoms with Gasteiger partial charge in [0.25, 0.3) is 5.56 Å². The highest BCUT2D eigenvalue weighted by atomic mass is 16.5. The Kier molecular flexibility index (Phi) is 5.60. The van der Waals surface area contributed by atoms with E-state index in [1.54, 1.807) is 10.5 Å². The lowest BCUT2D eigenvalue weighted by Crippen LogP contribution is -2.37. The molecular formula is C18H25N3O3. The SMILES string of the molecule is Cc1cccc2nc(CN3CCC(OCCCO)CC3)cc(=O)n12. The quantitative estimate of drug-likeness (QED) is 0.810. The number of likely N-dealkylation sites (tertiary alicyclic amines) is 1. The van der Waals surface area contributed by atoms with E-state index in [-0.39, 0.29) is 18.3 Å². The number of piperidine rings is 1. The number of aromatic nitrogens is 2. The zero-order valence-corrected chi connectivity index (χ0v) is 14.1. The summed E-state index contributed by atoms with van der Waals surface area (Å²) in [7, 11) is 0. The summed E-state index contributed by atoms with van der Waals surface area (Å²) in [5.41, 5.74) is 2.41. The van der Waals surface area contributed by atoms with Crippen molar-refractivity contribution in [2.24, 2.45) is 0 Å². The Labute approximate surface area is 141 Å². The van der Waals surface area contributed by atoms with Crippen LogP contribution in [0.3, 0.4) is 0 Å². The lowest BCUT2D eigenvalue weighted by Gasteiger charge is -2.31. The number of hydrogen-bond acceptors (Lipinski definition) is 5. The van der Waals surface area contributed by atoms with Gasteiger partial charge in [-0.2, -0.15) is 0 Å². The molecule has 2 aromatic rings. The van der Waals surface area contributed by atoms with E-state index >= 15 is 0 Å². The number of rotatable bonds is 6. The van der Waals surface area contributed by atoms with Gasteiger partial charge in [-0.25, -0.2) is 4.98 Å². The molecule has 3 heterocycles. The Balaban J connectivity index is 1.61. The van der Waals surface area contributed by atoms with Gasteiger partial charge in [-0.15, -0.1) is 0 Å². The van der Waals surface area contributed by atoms with E-state index in [1.807, 2.05) is 25.1 Å². The number of aliphatic hydroxyl groups is 1. The number of fused-ring (bicyclic) bond motifs is 1. The highest BCUT2D eigenvalue weighted by Gasteiger charge is 2.20. The molecule has 1 fully saturated rings. The van der Waals surface area contributed by atoms with Crippen LogP contribution >= 0.6 is 0 Å². The van der Waals surface area contributed by atoms with Gasteiger partial charge in [0.15, 0.2) is 0 Å². The molecular weight excluding hydrogens is 306 g/mol. The first-order valence-corrected chi connectivity index (χ1v) is 8.60. The van der Waals surface area contributed by atoms with E-state index in [9.17, 15) is 4.79 Å². The molecule has 2 aromatic heterocycles. The van der Waals surface area contributed by atoms with Gasteiger partial charge in [0.05, 0.1) is 11.8 Å². The second kappa shape index (κ2) is 7.88. The second-order valence-electron chi connectivity index (χ2n) is 6.37. The molecule has 24 heavy (non-hydrogen) atoms. The smallest absolute Gasteiger partial charge is 0.258 e. The summed E-state index contributed by atoms with van der Waals surface area (Å²) in [6.45, 7) is 5.31. The third-order valence-corrected chi connectivity index (χ3v) is 4.51. The first-order valence-electron chi connectivity index (χ1n) is 8.60. The van der Waals surface area contributed by atoms with Gasteiger partial charge in [0, 0.05) is 44.6 Å². The van der Waals surface area contributed by atoms with Crippen LogP contribution in [0.2, 0.25) is 0 Å². The normalized spacial score (nSPS) is 16.8. The van der Waals surface area contributed by atoms with Crippen molar-refractivity contribution in [1.82, 2.24) is 14.3 Å². The predicted molar refractivity (Wildman–Crippen MR) is 92.2 cm³/mol. The number of nitrogens with zero attached hydrogens (tertiary/aromatic N) is 3. The van der Waals surface area contributed by atoms with Crippen LogP contribution in [-0.2, 0) is 11.3 Å². The molecule has 0 amide bonds. The molecule has 1 aliphatic heterocycles. The third kappa shape index (κ3) is 4.01. The van der Waals surface area contributed by atoms with Gasteiger partial charge in [-0.05, 0) is 38.3 Å². The summed E-state index contributed by atoms with van der Waals surface area (Å²) in [5.74, 6) is 0. The lowest BCUT2D eigenvalue weighted by atomic mass is 10.1. The lowest BCUT2D eigenvalue weighted by molar-refractivity contribution is 0.000576. The summed E-state index contributed by atoms with van der Waals surface area (Å²) in [6, 6.07) is 7.36. The molecule has 6 nitrogen and oxygen atoms in total. The van der Waals surface area contributed by atoms with Crippen LogP contribution in [0.15, 0.2) is 29.1 Å². The van der Waals surface area contributed by atoms with E-state index in [4.69, 9.17) is 9.84 Å². The standard InChI is InChI=1S/C18H25N3O3/c1-14-4-2-5-17-19-15(12-18(23)21(14)17)13-20-8-6-16(7-9-20)24-11-3-10-22/h2,4-5,12,16,22H,3,6-11,13H2,1H3. The molecule has 3 rings (SSSR count). The number of pyridine rings is 1. The fraction of sp³-hybridized carbons (Fsp3) is 0.556. The fourth-order valence-electron chi connectivity index (χ4n) is 3.22. The molecule has 0 aromatic carbocycles. The minimum absolute atomic E-state index is 0.0182. The maximum Gasteiger partial charge on any atom is 0.258 e. The zero-order valence-electron chi connectivity index (χ0n) is 14.1. The van der Waals surface area contributed by atoms with Crippen molar-refractivity contribution in [2.75, 3.05) is 26.3 Å². The van der Waals surface area contributed by atoms with Crippen molar-refractivity contribution in [2.45, 2.75) is 38.8 Å². The average Bonchev–Trinajstić information content (AvgIpc) is 2.56. The van der Waals surface area contributed by atoms with Crippen LogP contribution in [0.25, 0.3) is 5.65 Å². The van der Waals surface area contributed by atoms with Crippen molar-refractivity contribution in [3.63, 3.8) is 0 Å². The maximum absolute atomic E-state index is 12.3. The molecule has 0 radical (unpaired) electrons. The summed E-state index contributed by atoms with van der Waals surface area (Å²) in [5, 5.41) is 8.79. The highest BCUT2D eigenvalue weighted by molar-refractivity contribution is 5.40. The minimum Gasteiger partial charge on any atom is -0.396 e. The second-order valence-corrected chi connectivity index (χ2v) is 6.37. The third-order valence-electron chi connectivity index (χ3n) is 4.51. The van der Waals surface area contributed by atoms with Gasteiger partial charge < -0.3 is 9.84 Å². The zero-order chi connectivity index (χ0) is 16.9. The van der Waals surface area contributed by atoms with Crippen LogP contribution < -0.4 is 5.56 Å². The van der Waals surface area contributed by atoms with Crippen molar-refractivity contribution in [3.8, 4) is 0 Å². The van der Waals surface area contributed by atoms with Crippen molar-refractivity contribution in [3.05, 3.63) is 46.0 Å². The van der Waals surface area contributed by atoms with Gasteiger partial charge in [-0.1, -0.05) is 6.07 Å². The Morgan fingerprint density at radius 2 is 2.12 bits per heavy atom. The Hall–Kier alpha value is -1.76. The van der Waals surface area contributed by atoms with E-state index < -0.39 is 0 Å². The topological polar surface area (TPSA) is 67.1 Å². The molecule has 0 aliphatic carbocycles. The van der Waals surface area contributed by atoms with E-state index in [0.29, 0.717) is 25.2 Å². The fourth-order valence-corrected chi connectivity index (χ4v) is 3.22. The number of aliphatic hydroxyl groups excluding tert-OH is 1. The first-order chi connectivity index (χ1) is 11.7. The summed E-state index contributed by atoms with van der Waals surface area (Å²) in [6.07, 6.45) is 2.95. The summed E-state index contributed by atoms with van der Waals surface area (Å²) in [4.78, 5) is 19.3. The Bertz CT molecular complexity index is 736. The van der Waals surface area contributed by atoms with Gasteiger partial charge in [0.2, 0.25) is 0 Å². The van der Waals surface area contributed by atoms with Crippen LogP contribution in [0.4, 0.5) is 0 Å². The molecule has 1 N–H and O–H groups in total. The first kappa shape index (κ1) is 17.1.